The van der Waals surface area contributed by atoms with Crippen molar-refractivity contribution in [3.05, 3.63) is 34.9 Å². The number of unbranched alkanes of at least 4 members (excludes halogenated alkanes) is 1. The lowest BCUT2D eigenvalue weighted by Gasteiger charge is -2.09. The summed E-state index contributed by atoms with van der Waals surface area (Å²) in [5.74, 6) is -1.88. The van der Waals surface area contributed by atoms with Crippen LogP contribution in [0.15, 0.2) is 18.2 Å². The van der Waals surface area contributed by atoms with Gasteiger partial charge in [0.2, 0.25) is 0 Å². The van der Waals surface area contributed by atoms with Gasteiger partial charge in [0.1, 0.15) is 0 Å². The molecule has 0 atom stereocenters. The van der Waals surface area contributed by atoms with Gasteiger partial charge in [-0.05, 0) is 29.5 Å². The van der Waals surface area contributed by atoms with Crippen molar-refractivity contribution in [2.45, 2.75) is 39.0 Å². The van der Waals surface area contributed by atoms with E-state index in [1.807, 2.05) is 12.1 Å². The lowest BCUT2D eigenvalue weighted by atomic mass is 9.97. The Kier molecular flexibility index (Phi) is 5.36. The van der Waals surface area contributed by atoms with Crippen molar-refractivity contribution in [1.82, 2.24) is 0 Å². The minimum absolute atomic E-state index is 0.122. The zero-order valence-corrected chi connectivity index (χ0v) is 10.5. The van der Waals surface area contributed by atoms with Crippen LogP contribution in [0.25, 0.3) is 0 Å². The molecule has 2 N–H and O–H groups in total. The van der Waals surface area contributed by atoms with Crippen molar-refractivity contribution in [2.75, 3.05) is 0 Å². The van der Waals surface area contributed by atoms with E-state index in [4.69, 9.17) is 10.2 Å². The molecule has 0 saturated heterocycles. The molecular formula is C14H18O4. The molecule has 0 bridgehead atoms. The van der Waals surface area contributed by atoms with Gasteiger partial charge in [0.15, 0.2) is 0 Å². The third kappa shape index (κ3) is 4.57. The smallest absolute Gasteiger partial charge is 0.307 e. The Hall–Kier alpha value is -1.84. The number of aliphatic carboxylic acids is 2. The molecule has 18 heavy (non-hydrogen) atoms. The molecule has 1 aromatic rings. The van der Waals surface area contributed by atoms with E-state index in [-0.39, 0.29) is 12.8 Å². The van der Waals surface area contributed by atoms with E-state index in [1.54, 1.807) is 6.07 Å². The van der Waals surface area contributed by atoms with Crippen LogP contribution >= 0.6 is 0 Å². The van der Waals surface area contributed by atoms with Gasteiger partial charge in [-0.15, -0.1) is 0 Å². The molecule has 0 aliphatic heterocycles. The van der Waals surface area contributed by atoms with Gasteiger partial charge >= 0.3 is 11.9 Å². The van der Waals surface area contributed by atoms with E-state index in [2.05, 4.69) is 6.92 Å². The number of rotatable bonds is 7. The zero-order chi connectivity index (χ0) is 13.5. The number of carboxylic acid groups (broad SMARTS) is 2. The average Bonchev–Trinajstić information content (AvgIpc) is 2.28. The first-order chi connectivity index (χ1) is 8.52. The molecule has 0 amide bonds. The molecule has 0 saturated carbocycles. The van der Waals surface area contributed by atoms with Crippen LogP contribution in [0.5, 0.6) is 0 Å². The SMILES string of the molecule is CCCCc1ccc(CC(=O)O)c(CC(=O)O)c1. The minimum atomic E-state index is -0.942. The van der Waals surface area contributed by atoms with E-state index >= 15 is 0 Å². The van der Waals surface area contributed by atoms with E-state index in [1.165, 1.54) is 0 Å². The van der Waals surface area contributed by atoms with Crippen LogP contribution in [0.3, 0.4) is 0 Å². The molecule has 4 nitrogen and oxygen atoms in total. The standard InChI is InChI=1S/C14H18O4/c1-2-3-4-10-5-6-11(8-13(15)16)12(7-10)9-14(17)18/h5-7H,2-4,8-9H2,1H3,(H,15,16)(H,17,18). The predicted molar refractivity (Wildman–Crippen MR) is 67.7 cm³/mol. The highest BCUT2D eigenvalue weighted by molar-refractivity contribution is 5.74. The summed E-state index contributed by atoms with van der Waals surface area (Å²) in [6.45, 7) is 2.09. The predicted octanol–water partition coefficient (Wildman–Crippen LogP) is 2.28. The van der Waals surface area contributed by atoms with Gasteiger partial charge in [-0.1, -0.05) is 31.5 Å². The van der Waals surface area contributed by atoms with Crippen molar-refractivity contribution in [2.24, 2.45) is 0 Å². The number of hydrogen-bond acceptors (Lipinski definition) is 2. The lowest BCUT2D eigenvalue weighted by molar-refractivity contribution is -0.137. The van der Waals surface area contributed by atoms with E-state index in [0.29, 0.717) is 11.1 Å². The second kappa shape index (κ2) is 6.79. The van der Waals surface area contributed by atoms with Crippen molar-refractivity contribution >= 4 is 11.9 Å². The fourth-order valence-electron chi connectivity index (χ4n) is 1.88. The van der Waals surface area contributed by atoms with Crippen molar-refractivity contribution < 1.29 is 19.8 Å². The summed E-state index contributed by atoms with van der Waals surface area (Å²) < 4.78 is 0. The topological polar surface area (TPSA) is 74.6 Å². The summed E-state index contributed by atoms with van der Waals surface area (Å²) in [4.78, 5) is 21.5. The van der Waals surface area contributed by atoms with Crippen LogP contribution in [0.2, 0.25) is 0 Å². The molecule has 0 heterocycles. The van der Waals surface area contributed by atoms with Gasteiger partial charge in [-0.2, -0.15) is 0 Å². The molecule has 0 fully saturated rings. The van der Waals surface area contributed by atoms with Crippen LogP contribution in [0, 0.1) is 0 Å². The lowest BCUT2D eigenvalue weighted by Crippen LogP contribution is -2.08. The van der Waals surface area contributed by atoms with Crippen molar-refractivity contribution in [3.63, 3.8) is 0 Å². The first kappa shape index (κ1) is 14.2. The Morgan fingerprint density at radius 1 is 1.06 bits per heavy atom. The molecule has 0 aromatic heterocycles. The molecule has 0 unspecified atom stereocenters. The van der Waals surface area contributed by atoms with E-state index < -0.39 is 11.9 Å². The van der Waals surface area contributed by atoms with Crippen LogP contribution in [0.1, 0.15) is 36.5 Å². The molecule has 0 radical (unpaired) electrons. The summed E-state index contributed by atoms with van der Waals surface area (Å²) in [5, 5.41) is 17.6. The maximum Gasteiger partial charge on any atom is 0.307 e. The molecule has 1 aromatic carbocycles. The highest BCUT2D eigenvalue weighted by Crippen LogP contribution is 2.16. The maximum atomic E-state index is 10.8. The van der Waals surface area contributed by atoms with Crippen molar-refractivity contribution in [1.29, 1.82) is 0 Å². The van der Waals surface area contributed by atoms with E-state index in [0.717, 1.165) is 24.8 Å². The molecule has 4 heteroatoms. The molecule has 0 spiro atoms. The second-order valence-corrected chi connectivity index (χ2v) is 4.35. The van der Waals surface area contributed by atoms with Gasteiger partial charge in [0.25, 0.3) is 0 Å². The molecule has 0 aliphatic rings. The van der Waals surface area contributed by atoms with Crippen LogP contribution in [-0.4, -0.2) is 22.2 Å². The fraction of sp³-hybridized carbons (Fsp3) is 0.429. The Labute approximate surface area is 106 Å². The van der Waals surface area contributed by atoms with Crippen LogP contribution in [0.4, 0.5) is 0 Å². The summed E-state index contributed by atoms with van der Waals surface area (Å²) >= 11 is 0. The summed E-state index contributed by atoms with van der Waals surface area (Å²) in [5.41, 5.74) is 2.27. The summed E-state index contributed by atoms with van der Waals surface area (Å²) in [7, 11) is 0. The monoisotopic (exact) mass is 250 g/mol. The Balaban J connectivity index is 2.95. The Morgan fingerprint density at radius 2 is 1.67 bits per heavy atom. The highest BCUT2D eigenvalue weighted by atomic mass is 16.4. The van der Waals surface area contributed by atoms with Crippen LogP contribution < -0.4 is 0 Å². The number of benzene rings is 1. The highest BCUT2D eigenvalue weighted by Gasteiger charge is 2.10. The van der Waals surface area contributed by atoms with Gasteiger partial charge in [-0.3, -0.25) is 9.59 Å². The Bertz CT molecular complexity index is 437. The number of carboxylic acids is 2. The summed E-state index contributed by atoms with van der Waals surface area (Å²) in [6, 6.07) is 5.44. The van der Waals surface area contributed by atoms with Gasteiger partial charge in [0.05, 0.1) is 12.8 Å². The quantitative estimate of drug-likeness (QED) is 0.778. The fourth-order valence-corrected chi connectivity index (χ4v) is 1.88. The minimum Gasteiger partial charge on any atom is -0.481 e. The van der Waals surface area contributed by atoms with Gasteiger partial charge < -0.3 is 10.2 Å². The van der Waals surface area contributed by atoms with Crippen molar-refractivity contribution in [3.8, 4) is 0 Å². The third-order valence-electron chi connectivity index (χ3n) is 2.77. The molecule has 0 aliphatic carbocycles. The second-order valence-electron chi connectivity index (χ2n) is 4.35. The van der Waals surface area contributed by atoms with Crippen LogP contribution in [-0.2, 0) is 28.9 Å². The number of hydrogen-bond donors (Lipinski definition) is 2. The van der Waals surface area contributed by atoms with Gasteiger partial charge in [-0.25, -0.2) is 0 Å². The molecular weight excluding hydrogens is 232 g/mol. The van der Waals surface area contributed by atoms with E-state index in [9.17, 15) is 9.59 Å². The largest absolute Gasteiger partial charge is 0.481 e. The molecule has 98 valence electrons. The number of carbonyl (C=O) groups is 2. The normalized spacial score (nSPS) is 10.3. The first-order valence-corrected chi connectivity index (χ1v) is 6.07. The van der Waals surface area contributed by atoms with Gasteiger partial charge in [0, 0.05) is 0 Å². The first-order valence-electron chi connectivity index (χ1n) is 6.07. The number of aryl methyl sites for hydroxylation is 1. The summed E-state index contributed by atoms with van der Waals surface area (Å²) in [6.07, 6.45) is 2.77. The third-order valence-corrected chi connectivity index (χ3v) is 2.77. The maximum absolute atomic E-state index is 10.8. The zero-order valence-electron chi connectivity index (χ0n) is 10.5. The molecule has 1 rings (SSSR count). The Morgan fingerprint density at radius 3 is 2.22 bits per heavy atom. The average molecular weight is 250 g/mol.